The Balaban J connectivity index is 2.29. The van der Waals surface area contributed by atoms with Crippen LogP contribution in [-0.2, 0) is 6.42 Å². The lowest BCUT2D eigenvalue weighted by molar-refractivity contribution is 0.432. The summed E-state index contributed by atoms with van der Waals surface area (Å²) in [6, 6.07) is 3.88. The highest BCUT2D eigenvalue weighted by Gasteiger charge is 2.20. The molecule has 0 spiro atoms. The summed E-state index contributed by atoms with van der Waals surface area (Å²) in [6.45, 7) is 2.89. The van der Waals surface area contributed by atoms with E-state index in [1.54, 1.807) is 6.20 Å². The highest BCUT2D eigenvalue weighted by molar-refractivity contribution is 6.32. The average molecular weight is 235 g/mol. The van der Waals surface area contributed by atoms with Crippen molar-refractivity contribution in [2.45, 2.75) is 13.3 Å². The van der Waals surface area contributed by atoms with Crippen LogP contribution in [0.1, 0.15) is 11.1 Å². The lowest BCUT2D eigenvalue weighted by atomic mass is 10.0. The molecule has 4 heteroatoms. The number of hydrogen-bond donors (Lipinski definition) is 1. The Labute approximate surface area is 98.4 Å². The van der Waals surface area contributed by atoms with Crippen LogP contribution in [0.3, 0.4) is 0 Å². The fraction of sp³-hybridized carbons (Fsp3) is 0.250. The molecule has 1 N–H and O–H groups in total. The standard InChI is InChI=1S/C12H11ClN2O/c1-7-10(13)3-2-9-11(7)14-5-4-8-6-15-16-12(8)9/h2-3,6,14H,4-5H2,1H3. The Morgan fingerprint density at radius 2 is 2.31 bits per heavy atom. The summed E-state index contributed by atoms with van der Waals surface area (Å²) in [7, 11) is 0. The zero-order valence-corrected chi connectivity index (χ0v) is 9.64. The third-order valence-electron chi connectivity index (χ3n) is 2.98. The second kappa shape index (κ2) is 3.52. The van der Waals surface area contributed by atoms with E-state index in [1.807, 2.05) is 19.1 Å². The van der Waals surface area contributed by atoms with E-state index in [1.165, 1.54) is 0 Å². The highest BCUT2D eigenvalue weighted by Crippen LogP contribution is 2.38. The van der Waals surface area contributed by atoms with Crippen LogP contribution >= 0.6 is 11.6 Å². The molecule has 82 valence electrons. The second-order valence-corrected chi connectivity index (χ2v) is 4.36. The van der Waals surface area contributed by atoms with Crippen LogP contribution in [0, 0.1) is 6.92 Å². The number of fused-ring (bicyclic) bond motifs is 3. The maximum Gasteiger partial charge on any atom is 0.172 e. The van der Waals surface area contributed by atoms with Gasteiger partial charge in [0.05, 0.1) is 6.20 Å². The molecule has 0 amide bonds. The molecular weight excluding hydrogens is 224 g/mol. The predicted octanol–water partition coefficient (Wildman–Crippen LogP) is 3.27. The first kappa shape index (κ1) is 9.73. The number of hydrogen-bond acceptors (Lipinski definition) is 3. The van der Waals surface area contributed by atoms with Gasteiger partial charge in [-0.25, -0.2) is 0 Å². The number of benzene rings is 1. The molecule has 3 rings (SSSR count). The first-order chi connectivity index (χ1) is 7.77. The molecule has 0 bridgehead atoms. The summed E-state index contributed by atoms with van der Waals surface area (Å²) in [5, 5.41) is 8.03. The van der Waals surface area contributed by atoms with Crippen molar-refractivity contribution in [2.75, 3.05) is 11.9 Å². The van der Waals surface area contributed by atoms with Crippen LogP contribution in [-0.4, -0.2) is 11.7 Å². The normalized spacial score (nSPS) is 13.6. The van der Waals surface area contributed by atoms with Gasteiger partial charge < -0.3 is 9.84 Å². The molecule has 0 saturated carbocycles. The SMILES string of the molecule is Cc1c(Cl)ccc2c1NCCc1cnoc1-2. The van der Waals surface area contributed by atoms with E-state index in [0.717, 1.165) is 46.1 Å². The number of nitrogens with zero attached hydrogens (tertiary/aromatic N) is 1. The topological polar surface area (TPSA) is 38.1 Å². The van der Waals surface area contributed by atoms with Gasteiger partial charge in [0.2, 0.25) is 0 Å². The summed E-state index contributed by atoms with van der Waals surface area (Å²) in [4.78, 5) is 0. The molecule has 0 radical (unpaired) electrons. The molecule has 0 fully saturated rings. The van der Waals surface area contributed by atoms with E-state index in [2.05, 4.69) is 10.5 Å². The van der Waals surface area contributed by atoms with Crippen molar-refractivity contribution in [3.8, 4) is 11.3 Å². The number of nitrogens with one attached hydrogen (secondary N) is 1. The van der Waals surface area contributed by atoms with E-state index in [9.17, 15) is 0 Å². The largest absolute Gasteiger partial charge is 0.384 e. The molecule has 3 nitrogen and oxygen atoms in total. The van der Waals surface area contributed by atoms with E-state index in [4.69, 9.17) is 16.1 Å². The van der Waals surface area contributed by atoms with Crippen LogP contribution in [0.25, 0.3) is 11.3 Å². The van der Waals surface area contributed by atoms with Crippen molar-refractivity contribution >= 4 is 17.3 Å². The minimum atomic E-state index is 0.772. The summed E-state index contributed by atoms with van der Waals surface area (Å²) in [6.07, 6.45) is 2.71. The van der Waals surface area contributed by atoms with Gasteiger partial charge in [-0.3, -0.25) is 0 Å². The minimum absolute atomic E-state index is 0.772. The Morgan fingerprint density at radius 1 is 1.44 bits per heavy atom. The number of anilines is 1. The molecule has 1 aromatic carbocycles. The zero-order valence-electron chi connectivity index (χ0n) is 8.88. The maximum atomic E-state index is 6.11. The first-order valence-corrected chi connectivity index (χ1v) is 5.62. The van der Waals surface area contributed by atoms with Gasteiger partial charge in [0, 0.05) is 28.4 Å². The van der Waals surface area contributed by atoms with Gasteiger partial charge >= 0.3 is 0 Å². The maximum absolute atomic E-state index is 6.11. The van der Waals surface area contributed by atoms with Gasteiger partial charge in [-0.15, -0.1) is 0 Å². The summed E-state index contributed by atoms with van der Waals surface area (Å²) >= 11 is 6.11. The lowest BCUT2D eigenvalue weighted by Crippen LogP contribution is -2.03. The molecule has 0 atom stereocenters. The van der Waals surface area contributed by atoms with E-state index < -0.39 is 0 Å². The summed E-state index contributed by atoms with van der Waals surface area (Å²) in [5.74, 6) is 0.861. The molecule has 1 aliphatic rings. The molecule has 2 aromatic rings. The molecule has 1 aromatic heterocycles. The van der Waals surface area contributed by atoms with Crippen molar-refractivity contribution < 1.29 is 4.52 Å². The second-order valence-electron chi connectivity index (χ2n) is 3.95. The molecule has 1 aliphatic heterocycles. The van der Waals surface area contributed by atoms with E-state index in [0.29, 0.717) is 0 Å². The van der Waals surface area contributed by atoms with Crippen LogP contribution in [0.2, 0.25) is 5.02 Å². The van der Waals surface area contributed by atoms with Crippen molar-refractivity contribution in [1.82, 2.24) is 5.16 Å². The Morgan fingerprint density at radius 3 is 3.19 bits per heavy atom. The fourth-order valence-electron chi connectivity index (χ4n) is 2.09. The fourth-order valence-corrected chi connectivity index (χ4v) is 2.24. The third kappa shape index (κ3) is 1.32. The first-order valence-electron chi connectivity index (χ1n) is 5.24. The Kier molecular flexibility index (Phi) is 2.14. The Hall–Kier alpha value is -1.48. The van der Waals surface area contributed by atoms with Crippen molar-refractivity contribution in [2.24, 2.45) is 0 Å². The molecule has 0 aliphatic carbocycles. The molecule has 16 heavy (non-hydrogen) atoms. The highest BCUT2D eigenvalue weighted by atomic mass is 35.5. The number of aromatic nitrogens is 1. The monoisotopic (exact) mass is 234 g/mol. The molecule has 0 unspecified atom stereocenters. The van der Waals surface area contributed by atoms with Gasteiger partial charge in [-0.1, -0.05) is 16.8 Å². The summed E-state index contributed by atoms with van der Waals surface area (Å²) in [5.41, 5.74) is 4.31. The molecular formula is C12H11ClN2O. The molecule has 0 saturated heterocycles. The van der Waals surface area contributed by atoms with Gasteiger partial charge in [-0.2, -0.15) is 0 Å². The average Bonchev–Trinajstić information content (AvgIpc) is 2.66. The number of halogens is 1. The smallest absolute Gasteiger partial charge is 0.172 e. The lowest BCUT2D eigenvalue weighted by Gasteiger charge is -2.11. The van der Waals surface area contributed by atoms with Gasteiger partial charge in [-0.05, 0) is 31.0 Å². The third-order valence-corrected chi connectivity index (χ3v) is 3.39. The predicted molar refractivity (Wildman–Crippen MR) is 63.9 cm³/mol. The van der Waals surface area contributed by atoms with Crippen LogP contribution in [0.15, 0.2) is 22.9 Å². The van der Waals surface area contributed by atoms with Crippen LogP contribution < -0.4 is 5.32 Å². The van der Waals surface area contributed by atoms with E-state index >= 15 is 0 Å². The minimum Gasteiger partial charge on any atom is -0.384 e. The van der Waals surface area contributed by atoms with Crippen LogP contribution in [0.4, 0.5) is 5.69 Å². The van der Waals surface area contributed by atoms with Gasteiger partial charge in [0.15, 0.2) is 5.76 Å². The quantitative estimate of drug-likeness (QED) is 0.760. The van der Waals surface area contributed by atoms with Gasteiger partial charge in [0.25, 0.3) is 0 Å². The Bertz CT molecular complexity index is 548. The van der Waals surface area contributed by atoms with Crippen molar-refractivity contribution in [3.63, 3.8) is 0 Å². The molecule has 2 heterocycles. The van der Waals surface area contributed by atoms with Crippen LogP contribution in [0.5, 0.6) is 0 Å². The van der Waals surface area contributed by atoms with Gasteiger partial charge in [0.1, 0.15) is 0 Å². The van der Waals surface area contributed by atoms with E-state index in [-0.39, 0.29) is 0 Å². The summed E-state index contributed by atoms with van der Waals surface area (Å²) < 4.78 is 5.32. The van der Waals surface area contributed by atoms with Crippen molar-refractivity contribution in [3.05, 3.63) is 34.5 Å². The zero-order chi connectivity index (χ0) is 11.1. The number of rotatable bonds is 0. The van der Waals surface area contributed by atoms with Crippen molar-refractivity contribution in [1.29, 1.82) is 0 Å².